The molecule has 0 aliphatic rings. The van der Waals surface area contributed by atoms with E-state index in [1.165, 1.54) is 32.3 Å². The van der Waals surface area contributed by atoms with Crippen molar-refractivity contribution in [1.82, 2.24) is 14.5 Å². The zero-order valence-corrected chi connectivity index (χ0v) is 17.3. The van der Waals surface area contributed by atoms with Crippen molar-refractivity contribution in [3.8, 4) is 0 Å². The van der Waals surface area contributed by atoms with E-state index in [-0.39, 0.29) is 21.4 Å². The van der Waals surface area contributed by atoms with Gasteiger partial charge in [0.15, 0.2) is 0 Å². The zero-order chi connectivity index (χ0) is 19.4. The van der Waals surface area contributed by atoms with Crippen LogP contribution in [0.2, 0.25) is 5.02 Å². The summed E-state index contributed by atoms with van der Waals surface area (Å²) in [6.07, 6.45) is 0. The van der Waals surface area contributed by atoms with Crippen molar-refractivity contribution < 1.29 is 13.2 Å². The molecule has 0 heterocycles. The number of amides is 1. The second kappa shape index (κ2) is 8.98. The summed E-state index contributed by atoms with van der Waals surface area (Å²) in [4.78, 5) is 14.7. The summed E-state index contributed by atoms with van der Waals surface area (Å²) in [7, 11) is -0.738. The molecule has 8 heteroatoms. The topological polar surface area (TPSA) is 69.7 Å². The molecule has 0 saturated carbocycles. The van der Waals surface area contributed by atoms with Crippen molar-refractivity contribution in [1.29, 1.82) is 0 Å². The van der Waals surface area contributed by atoms with Crippen LogP contribution in [0.4, 0.5) is 0 Å². The lowest BCUT2D eigenvalue weighted by Crippen LogP contribution is -2.42. The van der Waals surface area contributed by atoms with Crippen LogP contribution in [0.3, 0.4) is 0 Å². The fourth-order valence-corrected chi connectivity index (χ4v) is 3.69. The monoisotopic (exact) mass is 389 g/mol. The highest BCUT2D eigenvalue weighted by atomic mass is 35.5. The number of hydrogen-bond acceptors (Lipinski definition) is 4. The molecule has 0 aromatic heterocycles. The molecule has 1 rings (SSSR count). The largest absolute Gasteiger partial charge is 0.351 e. The number of carbonyl (C=O) groups excluding carboxylic acids is 1. The van der Waals surface area contributed by atoms with Gasteiger partial charge in [0.2, 0.25) is 10.0 Å². The first-order chi connectivity index (χ1) is 11.5. The quantitative estimate of drug-likeness (QED) is 0.741. The molecule has 25 heavy (non-hydrogen) atoms. The van der Waals surface area contributed by atoms with Crippen molar-refractivity contribution in [3.63, 3.8) is 0 Å². The van der Waals surface area contributed by atoms with E-state index >= 15 is 0 Å². The first-order valence-corrected chi connectivity index (χ1v) is 10.1. The van der Waals surface area contributed by atoms with Crippen molar-refractivity contribution >= 4 is 27.5 Å². The number of nitrogens with zero attached hydrogens (tertiary/aromatic N) is 2. The van der Waals surface area contributed by atoms with Crippen molar-refractivity contribution in [2.75, 3.05) is 27.2 Å². The van der Waals surface area contributed by atoms with Crippen LogP contribution in [0.15, 0.2) is 23.1 Å². The van der Waals surface area contributed by atoms with E-state index in [0.29, 0.717) is 25.2 Å². The molecule has 0 saturated heterocycles. The third-order valence-corrected chi connectivity index (χ3v) is 6.08. The van der Waals surface area contributed by atoms with Crippen LogP contribution in [0, 0.1) is 0 Å². The van der Waals surface area contributed by atoms with Gasteiger partial charge in [-0.1, -0.05) is 11.6 Å². The van der Waals surface area contributed by atoms with Gasteiger partial charge in [0.1, 0.15) is 0 Å². The van der Waals surface area contributed by atoms with E-state index in [4.69, 9.17) is 11.6 Å². The lowest BCUT2D eigenvalue weighted by molar-refractivity contribution is 0.0939. The molecule has 6 nitrogen and oxygen atoms in total. The minimum absolute atomic E-state index is 0.0398. The third kappa shape index (κ3) is 5.67. The van der Waals surface area contributed by atoms with Crippen molar-refractivity contribution in [2.24, 2.45) is 0 Å². The second-order valence-electron chi connectivity index (χ2n) is 6.61. The Labute approximate surface area is 156 Å². The minimum atomic E-state index is -3.62. The van der Waals surface area contributed by atoms with Gasteiger partial charge < -0.3 is 5.32 Å². The molecule has 1 amide bonds. The molecule has 1 aromatic rings. The Bertz CT molecular complexity index is 695. The molecule has 0 bridgehead atoms. The average molecular weight is 390 g/mol. The Kier molecular flexibility index (Phi) is 7.87. The summed E-state index contributed by atoms with van der Waals surface area (Å²) in [6.45, 7) is 9.58. The van der Waals surface area contributed by atoms with Crippen LogP contribution < -0.4 is 5.32 Å². The predicted octanol–water partition coefficient (Wildman–Crippen LogP) is 2.44. The Morgan fingerprint density at radius 2 is 1.72 bits per heavy atom. The molecule has 0 spiro atoms. The van der Waals surface area contributed by atoms with Crippen LogP contribution in [0.25, 0.3) is 0 Å². The number of nitrogens with one attached hydrogen (secondary N) is 1. The smallest absolute Gasteiger partial charge is 0.252 e. The number of sulfonamides is 1. The molecule has 0 aliphatic heterocycles. The Morgan fingerprint density at radius 3 is 2.20 bits per heavy atom. The maximum atomic E-state index is 12.4. The van der Waals surface area contributed by atoms with Crippen molar-refractivity contribution in [2.45, 2.75) is 44.7 Å². The summed E-state index contributed by atoms with van der Waals surface area (Å²) in [5, 5.41) is 3.04. The van der Waals surface area contributed by atoms with Crippen LogP contribution in [0.1, 0.15) is 38.1 Å². The zero-order valence-electron chi connectivity index (χ0n) is 15.7. The molecule has 0 aliphatic carbocycles. The molecular formula is C17H28ClN3O3S. The van der Waals surface area contributed by atoms with E-state index in [1.807, 2.05) is 0 Å². The molecule has 142 valence electrons. The molecule has 0 fully saturated rings. The number of carbonyl (C=O) groups is 1. The lowest BCUT2D eigenvalue weighted by Gasteiger charge is -2.30. The van der Waals surface area contributed by atoms with Gasteiger partial charge >= 0.3 is 0 Å². The average Bonchev–Trinajstić information content (AvgIpc) is 2.50. The highest BCUT2D eigenvalue weighted by molar-refractivity contribution is 7.89. The Balaban J connectivity index is 2.89. The maximum absolute atomic E-state index is 12.4. The van der Waals surface area contributed by atoms with Gasteiger partial charge in [-0.2, -0.15) is 0 Å². The highest BCUT2D eigenvalue weighted by Gasteiger charge is 2.21. The SMILES string of the molecule is CC(C)N(CCNC(=O)c1cc(S(=O)(=O)N(C)C)ccc1Cl)C(C)C. The molecular weight excluding hydrogens is 362 g/mol. The van der Waals surface area contributed by atoms with Crippen LogP contribution in [-0.4, -0.2) is 62.8 Å². The molecule has 1 aromatic carbocycles. The maximum Gasteiger partial charge on any atom is 0.252 e. The number of halogens is 1. The molecule has 0 radical (unpaired) electrons. The normalized spacial score (nSPS) is 12.4. The standard InChI is InChI=1S/C17H28ClN3O3S/c1-12(2)21(13(3)4)10-9-19-17(22)15-11-14(7-8-16(15)18)25(23,24)20(5)6/h7-8,11-13H,9-10H2,1-6H3,(H,19,22). The van der Waals surface area contributed by atoms with E-state index in [9.17, 15) is 13.2 Å². The summed E-state index contributed by atoms with van der Waals surface area (Å²) < 4.78 is 25.5. The highest BCUT2D eigenvalue weighted by Crippen LogP contribution is 2.22. The third-order valence-electron chi connectivity index (χ3n) is 3.94. The van der Waals surface area contributed by atoms with Gasteiger partial charge in [0, 0.05) is 39.3 Å². The summed E-state index contributed by atoms with van der Waals surface area (Å²) in [6, 6.07) is 4.88. The van der Waals surface area contributed by atoms with E-state index < -0.39 is 10.0 Å². The summed E-state index contributed by atoms with van der Waals surface area (Å²) in [5.74, 6) is -0.381. The van der Waals surface area contributed by atoms with Gasteiger partial charge in [-0.3, -0.25) is 9.69 Å². The van der Waals surface area contributed by atoms with Gasteiger partial charge in [0.25, 0.3) is 5.91 Å². The van der Waals surface area contributed by atoms with E-state index in [2.05, 4.69) is 37.9 Å². The number of benzene rings is 1. The minimum Gasteiger partial charge on any atom is -0.351 e. The first-order valence-electron chi connectivity index (χ1n) is 8.24. The number of rotatable bonds is 8. The number of hydrogen-bond donors (Lipinski definition) is 1. The van der Waals surface area contributed by atoms with Crippen LogP contribution in [-0.2, 0) is 10.0 Å². The Hall–Kier alpha value is -1.15. The van der Waals surface area contributed by atoms with Gasteiger partial charge in [-0.15, -0.1) is 0 Å². The van der Waals surface area contributed by atoms with Crippen LogP contribution in [0.5, 0.6) is 0 Å². The van der Waals surface area contributed by atoms with Gasteiger partial charge in [-0.05, 0) is 45.9 Å². The molecule has 0 atom stereocenters. The fraction of sp³-hybridized carbons (Fsp3) is 0.588. The fourth-order valence-electron chi connectivity index (χ4n) is 2.56. The van der Waals surface area contributed by atoms with E-state index in [0.717, 1.165) is 4.31 Å². The second-order valence-corrected chi connectivity index (χ2v) is 9.17. The molecule has 0 unspecified atom stereocenters. The summed E-state index contributed by atoms with van der Waals surface area (Å²) >= 11 is 6.08. The van der Waals surface area contributed by atoms with Gasteiger partial charge in [0.05, 0.1) is 15.5 Å². The predicted molar refractivity (Wildman–Crippen MR) is 102 cm³/mol. The first kappa shape index (κ1) is 21.9. The lowest BCUT2D eigenvalue weighted by atomic mass is 10.2. The van der Waals surface area contributed by atoms with Crippen LogP contribution >= 0.6 is 11.6 Å². The van der Waals surface area contributed by atoms with Crippen molar-refractivity contribution in [3.05, 3.63) is 28.8 Å². The summed E-state index contributed by atoms with van der Waals surface area (Å²) in [5.41, 5.74) is 0.158. The molecule has 1 N–H and O–H groups in total. The van der Waals surface area contributed by atoms with E-state index in [1.54, 1.807) is 0 Å². The Morgan fingerprint density at radius 1 is 1.16 bits per heavy atom. The van der Waals surface area contributed by atoms with Gasteiger partial charge in [-0.25, -0.2) is 12.7 Å².